The molecule has 186 valence electrons. The lowest BCUT2D eigenvalue weighted by Crippen LogP contribution is -2.24. The van der Waals surface area contributed by atoms with E-state index in [0.717, 1.165) is 10.2 Å². The summed E-state index contributed by atoms with van der Waals surface area (Å²) < 4.78 is 17.7. The van der Waals surface area contributed by atoms with E-state index < -0.39 is 11.4 Å². The molecule has 5 aromatic rings. The summed E-state index contributed by atoms with van der Waals surface area (Å²) in [6.45, 7) is 9.87. The summed E-state index contributed by atoms with van der Waals surface area (Å²) in [5.74, 6) is -0.649. The molecule has 5 rings (SSSR count). The first-order valence-corrected chi connectivity index (χ1v) is 11.8. The molecule has 0 unspecified atom stereocenters. The van der Waals surface area contributed by atoms with Crippen LogP contribution in [0, 0.1) is 17.1 Å². The molecule has 37 heavy (non-hydrogen) atoms. The van der Waals surface area contributed by atoms with Crippen LogP contribution in [0.2, 0.25) is 0 Å². The Bertz CT molecular complexity index is 1760. The molecule has 8 nitrogen and oxygen atoms in total. The molecule has 2 aromatic carbocycles. The summed E-state index contributed by atoms with van der Waals surface area (Å²) in [4.78, 5) is 33.9. The number of fused-ring (bicyclic) bond motifs is 2. The standard InChI is InChI=1S/C26H19FN6O2.C2H6/c1-26(2,3)17-7-15-10-31-33(25(35)23(15)20(27)8-17)22-6-4-5-21(19(22)13-34)32-12-16(9-28)18-11-29-14-30-24(18)32;1-2/h4-8,10-14H,1-3H3;1-2H3. The van der Waals surface area contributed by atoms with Crippen LogP contribution in [0.1, 0.15) is 56.1 Å². The highest BCUT2D eigenvalue weighted by Gasteiger charge is 2.21. The minimum Gasteiger partial charge on any atom is -0.299 e. The fourth-order valence-electron chi connectivity index (χ4n) is 4.13. The fraction of sp³-hybridized carbons (Fsp3) is 0.214. The number of nitrogens with zero attached hydrogens (tertiary/aromatic N) is 6. The van der Waals surface area contributed by atoms with Crippen molar-refractivity contribution in [2.45, 2.75) is 40.0 Å². The number of halogens is 1. The number of aromatic nitrogens is 5. The Morgan fingerprint density at radius 2 is 1.84 bits per heavy atom. The molecule has 0 aliphatic rings. The minimum absolute atomic E-state index is 0.110. The average molecular weight is 497 g/mol. The Kier molecular flexibility index (Phi) is 6.68. The third kappa shape index (κ3) is 4.27. The van der Waals surface area contributed by atoms with Gasteiger partial charge in [0.15, 0.2) is 6.29 Å². The summed E-state index contributed by atoms with van der Waals surface area (Å²) in [6.07, 6.45) is 6.43. The van der Waals surface area contributed by atoms with E-state index in [9.17, 15) is 14.9 Å². The normalized spacial score (nSPS) is 11.2. The summed E-state index contributed by atoms with van der Waals surface area (Å²) in [5.41, 5.74) is 1.21. The van der Waals surface area contributed by atoms with Gasteiger partial charge in [0.25, 0.3) is 5.56 Å². The Hall–Kier alpha value is -4.71. The third-order valence-electron chi connectivity index (χ3n) is 5.96. The monoisotopic (exact) mass is 496 g/mol. The van der Waals surface area contributed by atoms with Crippen LogP contribution in [0.3, 0.4) is 0 Å². The van der Waals surface area contributed by atoms with Crippen molar-refractivity contribution >= 4 is 28.1 Å². The highest BCUT2D eigenvalue weighted by atomic mass is 19.1. The maximum absolute atomic E-state index is 15.1. The van der Waals surface area contributed by atoms with E-state index in [-0.39, 0.29) is 22.1 Å². The second-order valence-electron chi connectivity index (χ2n) is 9.15. The molecular formula is C28H25FN6O2. The zero-order valence-corrected chi connectivity index (χ0v) is 21.2. The van der Waals surface area contributed by atoms with Crippen LogP contribution >= 0.6 is 0 Å². The minimum atomic E-state index is -0.682. The molecule has 0 radical (unpaired) electrons. The number of rotatable bonds is 3. The summed E-state index contributed by atoms with van der Waals surface area (Å²) in [5, 5.41) is 14.6. The van der Waals surface area contributed by atoms with Gasteiger partial charge in [-0.1, -0.05) is 40.7 Å². The Morgan fingerprint density at radius 1 is 1.11 bits per heavy atom. The lowest BCUT2D eigenvalue weighted by atomic mass is 9.86. The molecular weight excluding hydrogens is 471 g/mol. The van der Waals surface area contributed by atoms with Gasteiger partial charge in [-0.05, 0) is 35.2 Å². The number of carbonyl (C=O) groups excluding carboxylic acids is 1. The van der Waals surface area contributed by atoms with Crippen molar-refractivity contribution in [3.8, 4) is 17.4 Å². The second kappa shape index (κ2) is 9.74. The lowest BCUT2D eigenvalue weighted by molar-refractivity contribution is 0.112. The van der Waals surface area contributed by atoms with Gasteiger partial charge in [0.2, 0.25) is 0 Å². The molecule has 0 N–H and O–H groups in total. The molecule has 0 saturated carbocycles. The van der Waals surface area contributed by atoms with E-state index >= 15 is 4.39 Å². The largest absolute Gasteiger partial charge is 0.299 e. The number of carbonyl (C=O) groups is 1. The van der Waals surface area contributed by atoms with Gasteiger partial charge in [-0.15, -0.1) is 0 Å². The maximum atomic E-state index is 15.1. The Morgan fingerprint density at radius 3 is 2.51 bits per heavy atom. The van der Waals surface area contributed by atoms with E-state index in [1.807, 2.05) is 34.6 Å². The van der Waals surface area contributed by atoms with Crippen LogP contribution in [0.4, 0.5) is 4.39 Å². The van der Waals surface area contributed by atoms with Crippen molar-refractivity contribution in [3.05, 3.63) is 88.1 Å². The SMILES string of the molecule is CC.CC(C)(C)c1cc(F)c2c(=O)n(-c3cccc(-n4cc(C#N)c5cncnc54)c3C=O)ncc2c1. The molecule has 0 saturated heterocycles. The number of aldehydes is 1. The van der Waals surface area contributed by atoms with E-state index in [4.69, 9.17) is 0 Å². The Labute approximate surface area is 212 Å². The van der Waals surface area contributed by atoms with E-state index in [1.165, 1.54) is 24.8 Å². The third-order valence-corrected chi connectivity index (χ3v) is 5.96. The summed E-state index contributed by atoms with van der Waals surface area (Å²) in [6, 6.07) is 10.1. The van der Waals surface area contributed by atoms with Gasteiger partial charge in [0.05, 0.1) is 39.5 Å². The first-order valence-electron chi connectivity index (χ1n) is 11.8. The van der Waals surface area contributed by atoms with Gasteiger partial charge in [0.1, 0.15) is 23.9 Å². The van der Waals surface area contributed by atoms with Gasteiger partial charge in [-0.25, -0.2) is 14.4 Å². The van der Waals surface area contributed by atoms with Crippen molar-refractivity contribution in [3.63, 3.8) is 0 Å². The van der Waals surface area contributed by atoms with Crippen LogP contribution in [0.15, 0.2) is 60.0 Å². The van der Waals surface area contributed by atoms with E-state index in [0.29, 0.717) is 34.0 Å². The van der Waals surface area contributed by atoms with Gasteiger partial charge in [-0.3, -0.25) is 14.2 Å². The van der Waals surface area contributed by atoms with E-state index in [1.54, 1.807) is 35.0 Å². The highest BCUT2D eigenvalue weighted by molar-refractivity contribution is 5.91. The van der Waals surface area contributed by atoms with Crippen LogP contribution in [0.5, 0.6) is 0 Å². The van der Waals surface area contributed by atoms with Crippen molar-refractivity contribution < 1.29 is 9.18 Å². The topological polar surface area (TPSA) is 106 Å². The van der Waals surface area contributed by atoms with Crippen molar-refractivity contribution in [1.29, 1.82) is 5.26 Å². The van der Waals surface area contributed by atoms with E-state index in [2.05, 4.69) is 21.1 Å². The predicted molar refractivity (Wildman–Crippen MR) is 140 cm³/mol. The molecule has 0 bridgehead atoms. The van der Waals surface area contributed by atoms with Crippen LogP contribution in [-0.4, -0.2) is 30.6 Å². The molecule has 3 heterocycles. The van der Waals surface area contributed by atoms with Crippen LogP contribution in [-0.2, 0) is 5.41 Å². The fourth-order valence-corrected chi connectivity index (χ4v) is 4.13. The zero-order valence-electron chi connectivity index (χ0n) is 21.2. The molecule has 0 aliphatic carbocycles. The molecule has 0 amide bonds. The number of hydrogen-bond donors (Lipinski definition) is 0. The molecule has 9 heteroatoms. The van der Waals surface area contributed by atoms with Gasteiger partial charge >= 0.3 is 0 Å². The molecule has 0 fully saturated rings. The number of hydrogen-bond acceptors (Lipinski definition) is 6. The number of nitriles is 1. The first kappa shape index (κ1) is 25.4. The predicted octanol–water partition coefficient (Wildman–Crippen LogP) is 5.27. The Balaban J connectivity index is 0.00000156. The molecule has 0 atom stereocenters. The van der Waals surface area contributed by atoms with Crippen LogP contribution < -0.4 is 5.56 Å². The van der Waals surface area contributed by atoms with Gasteiger partial charge in [0, 0.05) is 17.8 Å². The van der Waals surface area contributed by atoms with Gasteiger partial charge < -0.3 is 0 Å². The number of benzene rings is 2. The van der Waals surface area contributed by atoms with Gasteiger partial charge in [-0.2, -0.15) is 15.0 Å². The van der Waals surface area contributed by atoms with Crippen molar-refractivity contribution in [2.24, 2.45) is 0 Å². The zero-order chi connectivity index (χ0) is 26.9. The van der Waals surface area contributed by atoms with Crippen LogP contribution in [0.25, 0.3) is 33.2 Å². The molecule has 3 aromatic heterocycles. The maximum Gasteiger partial charge on any atom is 0.282 e. The average Bonchev–Trinajstić information content (AvgIpc) is 3.27. The lowest BCUT2D eigenvalue weighted by Gasteiger charge is -2.20. The summed E-state index contributed by atoms with van der Waals surface area (Å²) in [7, 11) is 0. The smallest absolute Gasteiger partial charge is 0.282 e. The molecule has 0 spiro atoms. The molecule has 0 aliphatic heterocycles. The van der Waals surface area contributed by atoms with Crippen molar-refractivity contribution in [2.75, 3.05) is 0 Å². The van der Waals surface area contributed by atoms with Crippen molar-refractivity contribution in [1.82, 2.24) is 24.3 Å². The quantitative estimate of drug-likeness (QED) is 0.315. The first-order chi connectivity index (χ1) is 17.7. The summed E-state index contributed by atoms with van der Waals surface area (Å²) >= 11 is 0. The highest BCUT2D eigenvalue weighted by Crippen LogP contribution is 2.29. The second-order valence-corrected chi connectivity index (χ2v) is 9.15.